The van der Waals surface area contributed by atoms with Crippen molar-refractivity contribution >= 4 is 181 Å². The number of thiophene rings is 2. The van der Waals surface area contributed by atoms with Gasteiger partial charge in [0, 0.05) is 64.9 Å². The molecule has 3 aromatic heterocycles. The number of amides is 2. The Kier molecular flexibility index (Phi) is 26.0. The van der Waals surface area contributed by atoms with Gasteiger partial charge in [0.1, 0.15) is 0 Å². The fourth-order valence-corrected chi connectivity index (χ4v) is 10.9. The first kappa shape index (κ1) is 74.4. The van der Waals surface area contributed by atoms with Gasteiger partial charge in [-0.05, 0) is 198 Å². The van der Waals surface area contributed by atoms with Crippen LogP contribution >= 0.6 is 69.1 Å². The Morgan fingerprint density at radius 2 is 0.848 bits per heavy atom. The molecule has 2 amide bonds. The van der Waals surface area contributed by atoms with Gasteiger partial charge in [-0.1, -0.05) is 71.2 Å². The Labute approximate surface area is 586 Å². The molecule has 0 aliphatic rings. The van der Waals surface area contributed by atoms with Gasteiger partial charge in [-0.2, -0.15) is 0 Å². The molecular weight excluding hydrogens is 1400 g/mol. The van der Waals surface area contributed by atoms with Gasteiger partial charge in [-0.15, -0.1) is 22.7 Å². The second-order valence-corrected chi connectivity index (χ2v) is 24.0. The quantitative estimate of drug-likeness (QED) is 0.0290. The summed E-state index contributed by atoms with van der Waals surface area (Å²) in [6, 6.07) is 54.8. The van der Waals surface area contributed by atoms with E-state index in [1.165, 1.54) is 89.4 Å². The number of Topliss-reactive ketones (excluding diaryl/α,β-unsaturated/α-hetero) is 1. The van der Waals surface area contributed by atoms with E-state index in [4.69, 9.17) is 84.0 Å². The number of rotatable bonds is 13. The molecule has 12 rings (SSSR count). The number of carbonyl (C=O) groups excluding carboxylic acids is 4. The lowest BCUT2D eigenvalue weighted by molar-refractivity contribution is 0.0682. The van der Waals surface area contributed by atoms with Gasteiger partial charge in [0.15, 0.2) is 5.78 Å². The number of carbonyl (C=O) groups is 9. The van der Waals surface area contributed by atoms with Crippen LogP contribution in [0.1, 0.15) is 97.4 Å². The molecule has 0 aliphatic carbocycles. The number of carboxylic acids is 5. The van der Waals surface area contributed by atoms with Gasteiger partial charge in [0.25, 0.3) is 17.1 Å². The fourth-order valence-electron chi connectivity index (χ4n) is 8.51. The Hall–Kier alpha value is -12.0. The number of hydrogen-bond donors (Lipinski definition) is 11. The first-order chi connectivity index (χ1) is 47.0. The number of fused-ring (bicyclic) bond motifs is 3. The average Bonchev–Trinajstić information content (AvgIpc) is 1.58. The molecule has 99 heavy (non-hydrogen) atoms. The van der Waals surface area contributed by atoms with Crippen LogP contribution in [0.2, 0.25) is 15.1 Å². The number of aromatic carboxylic acids is 5. The van der Waals surface area contributed by atoms with Crippen LogP contribution in [0.25, 0.3) is 31.1 Å². The first-order valence-corrected chi connectivity index (χ1v) is 31.3. The maximum Gasteiger partial charge on any atom is 0.419 e. The van der Waals surface area contributed by atoms with Crippen LogP contribution in [-0.4, -0.2) is 83.2 Å². The molecule has 29 heteroatoms. The summed E-state index contributed by atoms with van der Waals surface area (Å²) < 4.78 is 6.37. The highest BCUT2D eigenvalue weighted by Gasteiger charge is 2.20. The molecule has 0 aliphatic heterocycles. The summed E-state index contributed by atoms with van der Waals surface area (Å²) in [5.41, 5.74) is 18.4. The fraction of sp³-hybridized carbons (Fsp3) is 0.0143. The third-order valence-electron chi connectivity index (χ3n) is 13.3. The summed E-state index contributed by atoms with van der Waals surface area (Å²) in [7, 11) is 0. The maximum absolute atomic E-state index is 13.0. The van der Waals surface area contributed by atoms with Crippen LogP contribution in [0.4, 0.5) is 28.4 Å². The molecule has 502 valence electrons. The monoisotopic (exact) mass is 1450 g/mol. The molecule has 23 nitrogen and oxygen atoms in total. The molecule has 0 atom stereocenters. The maximum atomic E-state index is 13.0. The van der Waals surface area contributed by atoms with Crippen molar-refractivity contribution in [3.05, 3.63) is 297 Å². The van der Waals surface area contributed by atoms with Crippen molar-refractivity contribution in [2.75, 3.05) is 27.8 Å². The number of nitrogen functional groups attached to an aromatic ring is 3. The molecule has 3 heterocycles. The first-order valence-electron chi connectivity index (χ1n) is 28.1. The summed E-state index contributed by atoms with van der Waals surface area (Å²) in [5, 5.41) is 53.0. The molecule has 12 aromatic rings. The molecule has 0 saturated carbocycles. The van der Waals surface area contributed by atoms with E-state index < -0.39 is 53.0 Å². The predicted octanol–water partition coefficient (Wildman–Crippen LogP) is 14.9. The van der Waals surface area contributed by atoms with Crippen molar-refractivity contribution in [1.82, 2.24) is 4.98 Å². The third-order valence-corrected chi connectivity index (χ3v) is 16.7. The van der Waals surface area contributed by atoms with Crippen LogP contribution in [0.15, 0.2) is 220 Å². The van der Waals surface area contributed by atoms with Crippen molar-refractivity contribution in [3.63, 3.8) is 0 Å². The van der Waals surface area contributed by atoms with Gasteiger partial charge >= 0.3 is 41.2 Å². The highest BCUT2D eigenvalue weighted by atomic mass is 35.5. The largest absolute Gasteiger partial charge is 0.478 e. The van der Waals surface area contributed by atoms with Gasteiger partial charge in [-0.25, -0.2) is 33.6 Å². The SMILES string of the molecule is Nc1cc(C(=O)O)ccc1C(=O)Nc1ccc(Cl)cc1.Nc1cc(C(=O)O)ccc1C(=O)O.Nc1ccc(Cl)cc1.O=C(Cl)c1cc2ccccc2s1.O=C(O)c1ccc(C(=O)Nc2ccc(Cl)cc2)c(CC(=O)c2cc3ccccc3s2)c1.O=C(O)c1ccc2c(=O)oc(=O)[nH]c2c1. The van der Waals surface area contributed by atoms with Gasteiger partial charge in [0.2, 0.25) is 0 Å². The number of H-pyrrole nitrogens is 1. The predicted molar refractivity (Wildman–Crippen MR) is 383 cm³/mol. The van der Waals surface area contributed by atoms with E-state index in [0.29, 0.717) is 36.7 Å². The molecular formula is C70H50Cl4N6O17S2. The van der Waals surface area contributed by atoms with E-state index in [1.54, 1.807) is 72.8 Å². The van der Waals surface area contributed by atoms with Crippen molar-refractivity contribution in [3.8, 4) is 0 Å². The average molecular weight is 1450 g/mol. The minimum Gasteiger partial charge on any atom is -0.478 e. The summed E-state index contributed by atoms with van der Waals surface area (Å²) in [6.45, 7) is 0. The van der Waals surface area contributed by atoms with Crippen LogP contribution in [-0.2, 0) is 6.42 Å². The minimum atomic E-state index is -1.17. The number of anilines is 5. The number of benzene rings is 9. The number of aromatic amines is 1. The summed E-state index contributed by atoms with van der Waals surface area (Å²) in [4.78, 5) is 128. The van der Waals surface area contributed by atoms with E-state index in [1.807, 2.05) is 60.7 Å². The summed E-state index contributed by atoms with van der Waals surface area (Å²) >= 11 is 25.3. The number of aromatic nitrogens is 1. The molecule has 0 saturated heterocycles. The zero-order valence-electron chi connectivity index (χ0n) is 50.5. The van der Waals surface area contributed by atoms with Crippen LogP contribution in [0.3, 0.4) is 0 Å². The van der Waals surface area contributed by atoms with E-state index in [0.717, 1.165) is 36.9 Å². The molecule has 0 bridgehead atoms. The van der Waals surface area contributed by atoms with Crippen molar-refractivity contribution in [1.29, 1.82) is 0 Å². The number of hydrogen-bond acceptors (Lipinski definition) is 17. The summed E-state index contributed by atoms with van der Waals surface area (Å²) in [5.74, 6) is -7.59. The summed E-state index contributed by atoms with van der Waals surface area (Å²) in [6.07, 6.45) is -0.0860. The molecule has 0 spiro atoms. The Morgan fingerprint density at radius 1 is 0.444 bits per heavy atom. The normalized spacial score (nSPS) is 10.2. The van der Waals surface area contributed by atoms with Crippen LogP contribution < -0.4 is 39.2 Å². The standard InChI is InChI=1S/C24H16ClNO4S.C14H11ClN2O3.C9H5ClOS.C9H5NO5.C8H7NO4.C6H6ClN/c25-17-6-8-18(9-7-17)26-23(28)19-10-5-15(24(29)30)11-16(19)12-20(27)22-13-14-3-1-2-4-21(14)31-22;15-9-2-4-10(5-3-9)17-13(18)11-6-1-8(14(19)20)7-12(11)16;10-9(11)8-5-6-3-1-2-4-7(6)12-8;11-7(12)4-1-2-5-6(3-4)10-9(14)15-8(5)13;9-6-3-4(7(10)11)1-2-5(6)8(12)13;7-5-1-3-6(8)4-2-5/h1-11,13H,12H2,(H,26,28)(H,29,30);1-7H,16H2,(H,17,18)(H,19,20);1-5H;1-3H,(H,10,14)(H,11,12);1-3H,9H2,(H,10,11)(H,12,13);1-4H,8H2. The van der Waals surface area contributed by atoms with E-state index in [-0.39, 0.29) is 78.7 Å². The zero-order valence-corrected chi connectivity index (χ0v) is 55.2. The molecule has 0 radical (unpaired) electrons. The van der Waals surface area contributed by atoms with Gasteiger partial charge in [-0.3, -0.25) is 24.2 Å². The van der Waals surface area contributed by atoms with E-state index >= 15 is 0 Å². The Bertz CT molecular complexity index is 5090. The lowest BCUT2D eigenvalue weighted by Crippen LogP contribution is -2.16. The lowest BCUT2D eigenvalue weighted by atomic mass is 9.98. The Morgan fingerprint density at radius 3 is 1.29 bits per heavy atom. The zero-order chi connectivity index (χ0) is 72.2. The lowest BCUT2D eigenvalue weighted by Gasteiger charge is -2.11. The van der Waals surface area contributed by atoms with E-state index in [9.17, 15) is 57.8 Å². The van der Waals surface area contributed by atoms with Gasteiger partial charge in [0.05, 0.1) is 54.0 Å². The van der Waals surface area contributed by atoms with Gasteiger partial charge < -0.3 is 57.8 Å². The number of nitrogens with two attached hydrogens (primary N) is 3. The van der Waals surface area contributed by atoms with Crippen molar-refractivity contribution in [2.24, 2.45) is 0 Å². The van der Waals surface area contributed by atoms with Crippen LogP contribution in [0.5, 0.6) is 0 Å². The second-order valence-electron chi connectivity index (χ2n) is 20.2. The van der Waals surface area contributed by atoms with Crippen LogP contribution in [0, 0.1) is 0 Å². The minimum absolute atomic E-state index is 0.0104. The molecule has 14 N–H and O–H groups in total. The smallest absolute Gasteiger partial charge is 0.419 e. The molecule has 0 fully saturated rings. The number of halogens is 4. The molecule has 0 unspecified atom stereocenters. The number of nitrogens with one attached hydrogen (secondary N) is 3. The van der Waals surface area contributed by atoms with Crippen molar-refractivity contribution in [2.45, 2.75) is 6.42 Å². The highest BCUT2D eigenvalue weighted by Crippen LogP contribution is 2.29. The highest BCUT2D eigenvalue weighted by molar-refractivity contribution is 7.22. The second kappa shape index (κ2) is 34.6. The molecule has 9 aromatic carbocycles. The third kappa shape index (κ3) is 21.5. The number of ketones is 1. The number of carboxylic acid groups (broad SMARTS) is 5. The Balaban J connectivity index is 0.000000177. The van der Waals surface area contributed by atoms with Crippen molar-refractivity contribution < 1.29 is 73.1 Å². The van der Waals surface area contributed by atoms with E-state index in [2.05, 4.69) is 20.0 Å². The topological polar surface area (TPSA) is 420 Å².